The first-order chi connectivity index (χ1) is 8.58. The molecule has 18 heavy (non-hydrogen) atoms. The number of halogens is 3. The van der Waals surface area contributed by atoms with Gasteiger partial charge in [-0.25, -0.2) is 4.79 Å². The number of hydrogen-bond donors (Lipinski definition) is 0. The molecule has 0 heterocycles. The van der Waals surface area contributed by atoms with Crippen molar-refractivity contribution in [3.63, 3.8) is 0 Å². The molecule has 0 amide bonds. The van der Waals surface area contributed by atoms with Crippen LogP contribution in [0.3, 0.4) is 0 Å². The van der Waals surface area contributed by atoms with Gasteiger partial charge in [0.1, 0.15) is 5.75 Å². The van der Waals surface area contributed by atoms with E-state index < -0.39 is 5.97 Å². The summed E-state index contributed by atoms with van der Waals surface area (Å²) < 4.78 is 5.15. The monoisotopic (exact) mass is 300 g/mol. The summed E-state index contributed by atoms with van der Waals surface area (Å²) in [5, 5.41) is 1.05. The molecular formula is C13H7Cl3O2. The van der Waals surface area contributed by atoms with E-state index in [4.69, 9.17) is 39.5 Å². The molecular weight excluding hydrogens is 294 g/mol. The highest BCUT2D eigenvalue weighted by molar-refractivity contribution is 6.42. The number of hydrogen-bond acceptors (Lipinski definition) is 2. The first-order valence-corrected chi connectivity index (χ1v) is 6.13. The summed E-state index contributed by atoms with van der Waals surface area (Å²) in [6.07, 6.45) is 0. The minimum atomic E-state index is -0.543. The number of carbonyl (C=O) groups is 1. The van der Waals surface area contributed by atoms with Gasteiger partial charge in [-0.05, 0) is 24.3 Å². The Labute approximate surface area is 119 Å². The Hall–Kier alpha value is -1.22. The Bertz CT molecular complexity index is 597. The lowest BCUT2D eigenvalue weighted by molar-refractivity contribution is 0.0735. The molecule has 0 atom stereocenters. The molecule has 2 rings (SSSR count). The third-order valence-corrected chi connectivity index (χ3v) is 3.26. The molecule has 0 aliphatic heterocycles. The molecule has 2 aromatic carbocycles. The van der Waals surface area contributed by atoms with Gasteiger partial charge in [0.05, 0.1) is 20.6 Å². The van der Waals surface area contributed by atoms with E-state index in [0.717, 1.165) is 0 Å². The normalized spacial score (nSPS) is 10.2. The van der Waals surface area contributed by atoms with Gasteiger partial charge >= 0.3 is 5.97 Å². The summed E-state index contributed by atoms with van der Waals surface area (Å²) in [7, 11) is 0. The number of ether oxygens (including phenoxy) is 1. The summed E-state index contributed by atoms with van der Waals surface area (Å²) in [5.41, 5.74) is 0.297. The maximum Gasteiger partial charge on any atom is 0.345 e. The summed E-state index contributed by atoms with van der Waals surface area (Å²) in [4.78, 5) is 11.8. The zero-order valence-corrected chi connectivity index (χ0v) is 11.3. The highest BCUT2D eigenvalue weighted by atomic mass is 35.5. The molecule has 5 heteroatoms. The topological polar surface area (TPSA) is 26.3 Å². The number of rotatable bonds is 2. The van der Waals surface area contributed by atoms with Crippen molar-refractivity contribution in [1.82, 2.24) is 0 Å². The average molecular weight is 302 g/mol. The van der Waals surface area contributed by atoms with Crippen molar-refractivity contribution in [3.8, 4) is 5.75 Å². The average Bonchev–Trinajstić information content (AvgIpc) is 2.34. The number of carbonyl (C=O) groups excluding carboxylic acids is 1. The Morgan fingerprint density at radius 3 is 2.28 bits per heavy atom. The highest BCUT2D eigenvalue weighted by Gasteiger charge is 2.12. The fourth-order valence-electron chi connectivity index (χ4n) is 1.33. The lowest BCUT2D eigenvalue weighted by Crippen LogP contribution is -2.08. The van der Waals surface area contributed by atoms with Crippen LogP contribution in [0, 0.1) is 0 Å². The van der Waals surface area contributed by atoms with Crippen LogP contribution in [0.15, 0.2) is 42.5 Å². The van der Waals surface area contributed by atoms with Gasteiger partial charge in [0.15, 0.2) is 0 Å². The Kier molecular flexibility index (Phi) is 4.12. The predicted molar refractivity (Wildman–Crippen MR) is 72.9 cm³/mol. The summed E-state index contributed by atoms with van der Waals surface area (Å²) in [6, 6.07) is 11.2. The molecule has 0 radical (unpaired) electrons. The third-order valence-electron chi connectivity index (χ3n) is 2.20. The maximum absolute atomic E-state index is 11.8. The molecule has 92 valence electrons. The first-order valence-electron chi connectivity index (χ1n) is 4.99. The van der Waals surface area contributed by atoms with Gasteiger partial charge in [-0.3, -0.25) is 0 Å². The molecule has 2 aromatic rings. The molecule has 0 aliphatic rings. The van der Waals surface area contributed by atoms with Crippen LogP contribution in [0.4, 0.5) is 0 Å². The Balaban J connectivity index is 2.22. The van der Waals surface area contributed by atoms with Gasteiger partial charge in [0.25, 0.3) is 0 Å². The molecule has 0 spiro atoms. The number of benzene rings is 2. The van der Waals surface area contributed by atoms with E-state index in [-0.39, 0.29) is 0 Å². The van der Waals surface area contributed by atoms with E-state index in [1.807, 2.05) is 0 Å². The van der Waals surface area contributed by atoms with E-state index in [9.17, 15) is 4.79 Å². The van der Waals surface area contributed by atoms with Gasteiger partial charge in [-0.1, -0.05) is 46.9 Å². The highest BCUT2D eigenvalue weighted by Crippen LogP contribution is 2.27. The summed E-state index contributed by atoms with van der Waals surface area (Å²) in [6.45, 7) is 0. The molecule has 0 aromatic heterocycles. The van der Waals surface area contributed by atoms with Gasteiger partial charge in [-0.2, -0.15) is 0 Å². The fraction of sp³-hybridized carbons (Fsp3) is 0. The van der Waals surface area contributed by atoms with Crippen LogP contribution in [-0.4, -0.2) is 5.97 Å². The third kappa shape index (κ3) is 2.96. The van der Waals surface area contributed by atoms with E-state index in [1.54, 1.807) is 36.4 Å². The number of esters is 1. The van der Waals surface area contributed by atoms with Gasteiger partial charge in [-0.15, -0.1) is 0 Å². The van der Waals surface area contributed by atoms with E-state index in [1.165, 1.54) is 6.07 Å². The van der Waals surface area contributed by atoms with Gasteiger partial charge < -0.3 is 4.74 Å². The van der Waals surface area contributed by atoms with Crippen LogP contribution in [0.1, 0.15) is 10.4 Å². The molecule has 0 N–H and O–H groups in total. The van der Waals surface area contributed by atoms with Gasteiger partial charge in [0, 0.05) is 6.07 Å². The van der Waals surface area contributed by atoms with Crippen molar-refractivity contribution in [2.24, 2.45) is 0 Å². The molecule has 0 fully saturated rings. The molecule has 2 nitrogen and oxygen atoms in total. The van der Waals surface area contributed by atoms with E-state index >= 15 is 0 Å². The molecule has 0 bridgehead atoms. The standard InChI is InChI=1S/C13H7Cl3O2/c14-10-4-2-1-3-9(10)13(17)18-8-5-6-11(15)12(16)7-8/h1-7H. The second-order valence-electron chi connectivity index (χ2n) is 3.45. The zero-order valence-electron chi connectivity index (χ0n) is 8.99. The lowest BCUT2D eigenvalue weighted by atomic mass is 10.2. The van der Waals surface area contributed by atoms with E-state index in [2.05, 4.69) is 0 Å². The van der Waals surface area contributed by atoms with Crippen molar-refractivity contribution in [2.45, 2.75) is 0 Å². The van der Waals surface area contributed by atoms with Gasteiger partial charge in [0.2, 0.25) is 0 Å². The van der Waals surface area contributed by atoms with Crippen molar-refractivity contribution in [1.29, 1.82) is 0 Å². The van der Waals surface area contributed by atoms with Crippen molar-refractivity contribution in [3.05, 3.63) is 63.1 Å². The fourth-order valence-corrected chi connectivity index (χ4v) is 1.83. The van der Waals surface area contributed by atoms with E-state index in [0.29, 0.717) is 26.4 Å². The predicted octanol–water partition coefficient (Wildman–Crippen LogP) is 4.87. The minimum Gasteiger partial charge on any atom is -0.423 e. The molecule has 0 aliphatic carbocycles. The second kappa shape index (κ2) is 5.61. The Morgan fingerprint density at radius 1 is 0.889 bits per heavy atom. The Morgan fingerprint density at radius 2 is 1.61 bits per heavy atom. The molecule has 0 saturated heterocycles. The SMILES string of the molecule is O=C(Oc1ccc(Cl)c(Cl)c1)c1ccccc1Cl. The lowest BCUT2D eigenvalue weighted by Gasteiger charge is -2.06. The minimum absolute atomic E-state index is 0.297. The first kappa shape index (κ1) is 13.2. The second-order valence-corrected chi connectivity index (χ2v) is 4.67. The zero-order chi connectivity index (χ0) is 13.1. The van der Waals surface area contributed by atoms with Crippen LogP contribution in [0.25, 0.3) is 0 Å². The smallest absolute Gasteiger partial charge is 0.345 e. The molecule has 0 saturated carbocycles. The summed E-state index contributed by atoms with van der Waals surface area (Å²) in [5.74, 6) is -0.228. The van der Waals surface area contributed by atoms with Crippen LogP contribution in [0.5, 0.6) is 5.75 Å². The van der Waals surface area contributed by atoms with Crippen molar-refractivity contribution < 1.29 is 9.53 Å². The maximum atomic E-state index is 11.8. The molecule has 0 unspecified atom stereocenters. The van der Waals surface area contributed by atoms with Crippen LogP contribution >= 0.6 is 34.8 Å². The van der Waals surface area contributed by atoms with Crippen LogP contribution in [-0.2, 0) is 0 Å². The van der Waals surface area contributed by atoms with Crippen LogP contribution in [0.2, 0.25) is 15.1 Å². The van der Waals surface area contributed by atoms with Crippen LogP contribution < -0.4 is 4.74 Å². The largest absolute Gasteiger partial charge is 0.423 e. The van der Waals surface area contributed by atoms with Crippen molar-refractivity contribution in [2.75, 3.05) is 0 Å². The van der Waals surface area contributed by atoms with Crippen molar-refractivity contribution >= 4 is 40.8 Å². The quantitative estimate of drug-likeness (QED) is 0.584. The summed E-state index contributed by atoms with van der Waals surface area (Å²) >= 11 is 17.5.